The van der Waals surface area contributed by atoms with Gasteiger partial charge in [0.1, 0.15) is 0 Å². The number of hydrogen-bond donors (Lipinski definition) is 2. The number of fused-ring (bicyclic) bond motifs is 1. The summed E-state index contributed by atoms with van der Waals surface area (Å²) in [4.78, 5) is 20.0. The highest BCUT2D eigenvalue weighted by Gasteiger charge is 2.22. The number of hydrogen-bond acceptors (Lipinski definition) is 5. The summed E-state index contributed by atoms with van der Waals surface area (Å²) >= 11 is 1.62. The number of thiazole rings is 1. The van der Waals surface area contributed by atoms with Crippen molar-refractivity contribution in [1.29, 1.82) is 0 Å². The van der Waals surface area contributed by atoms with E-state index in [2.05, 4.69) is 15.2 Å². The number of aryl methyl sites for hydroxylation is 2. The van der Waals surface area contributed by atoms with E-state index < -0.39 is 0 Å². The van der Waals surface area contributed by atoms with Gasteiger partial charge < -0.3 is 10.4 Å². The molecular formula is C14H21N3O2S. The van der Waals surface area contributed by atoms with Gasteiger partial charge in [0.15, 0.2) is 5.13 Å². The highest BCUT2D eigenvalue weighted by molar-refractivity contribution is 7.15. The van der Waals surface area contributed by atoms with E-state index in [1.165, 1.54) is 17.0 Å². The lowest BCUT2D eigenvalue weighted by Gasteiger charge is -2.30. The number of piperidine rings is 1. The Kier molecular flexibility index (Phi) is 4.33. The van der Waals surface area contributed by atoms with Crippen molar-refractivity contribution in [2.45, 2.75) is 32.1 Å². The first kappa shape index (κ1) is 14.0. The van der Waals surface area contributed by atoms with Crippen LogP contribution in [0.5, 0.6) is 0 Å². The number of likely N-dealkylation sites (tertiary alicyclic amines) is 1. The fourth-order valence-electron chi connectivity index (χ4n) is 3.05. The quantitative estimate of drug-likeness (QED) is 0.878. The summed E-state index contributed by atoms with van der Waals surface area (Å²) in [6, 6.07) is 0. The number of rotatable bonds is 4. The molecule has 5 nitrogen and oxygen atoms in total. The van der Waals surface area contributed by atoms with E-state index in [4.69, 9.17) is 0 Å². The van der Waals surface area contributed by atoms with Gasteiger partial charge in [0.2, 0.25) is 5.91 Å². The van der Waals surface area contributed by atoms with Crippen LogP contribution in [0.3, 0.4) is 0 Å². The first-order valence-electron chi connectivity index (χ1n) is 7.36. The number of nitrogens with zero attached hydrogens (tertiary/aromatic N) is 2. The Bertz CT molecular complexity index is 467. The fourth-order valence-corrected chi connectivity index (χ4v) is 4.12. The van der Waals surface area contributed by atoms with Crippen molar-refractivity contribution in [2.75, 3.05) is 31.6 Å². The van der Waals surface area contributed by atoms with Gasteiger partial charge in [-0.2, -0.15) is 0 Å². The molecule has 1 aliphatic heterocycles. The van der Waals surface area contributed by atoms with Crippen LogP contribution in [0.25, 0.3) is 0 Å². The smallest absolute Gasteiger partial charge is 0.240 e. The molecule has 0 radical (unpaired) electrons. The molecule has 2 aliphatic rings. The molecule has 6 heteroatoms. The number of carbonyl (C=O) groups is 1. The molecule has 0 spiro atoms. The standard InChI is InChI=1S/C14H21N3O2S/c18-9-10-3-2-6-17(7-10)8-13(19)16-14-15-11-4-1-5-12(11)20-14/h10,18H,1-9H2,(H,15,16,19). The van der Waals surface area contributed by atoms with Gasteiger partial charge in [0.25, 0.3) is 0 Å². The van der Waals surface area contributed by atoms with Gasteiger partial charge in [-0.3, -0.25) is 9.69 Å². The molecule has 1 unspecified atom stereocenters. The van der Waals surface area contributed by atoms with E-state index in [1.807, 2.05) is 0 Å². The SMILES string of the molecule is O=C(CN1CCCC(CO)C1)Nc1nc2c(s1)CCC2. The van der Waals surface area contributed by atoms with Crippen molar-refractivity contribution in [3.8, 4) is 0 Å². The van der Waals surface area contributed by atoms with Crippen molar-refractivity contribution in [3.05, 3.63) is 10.6 Å². The second-order valence-electron chi connectivity index (χ2n) is 5.72. The molecule has 20 heavy (non-hydrogen) atoms. The predicted molar refractivity (Wildman–Crippen MR) is 79.0 cm³/mol. The highest BCUT2D eigenvalue weighted by atomic mass is 32.1. The van der Waals surface area contributed by atoms with Gasteiger partial charge in [0.05, 0.1) is 12.2 Å². The molecule has 3 rings (SSSR count). The maximum Gasteiger partial charge on any atom is 0.240 e. The van der Waals surface area contributed by atoms with Crippen LogP contribution in [0.4, 0.5) is 5.13 Å². The van der Waals surface area contributed by atoms with Gasteiger partial charge in [-0.1, -0.05) is 0 Å². The highest BCUT2D eigenvalue weighted by Crippen LogP contribution is 2.30. The monoisotopic (exact) mass is 295 g/mol. The number of amides is 1. The number of aromatic nitrogens is 1. The zero-order chi connectivity index (χ0) is 13.9. The Labute approximate surface area is 123 Å². The van der Waals surface area contributed by atoms with E-state index in [0.29, 0.717) is 12.5 Å². The summed E-state index contributed by atoms with van der Waals surface area (Å²) in [5.41, 5.74) is 1.17. The number of aliphatic hydroxyl groups excluding tert-OH is 1. The maximum absolute atomic E-state index is 12.1. The van der Waals surface area contributed by atoms with Crippen LogP contribution in [0, 0.1) is 5.92 Å². The third kappa shape index (κ3) is 3.19. The molecule has 2 N–H and O–H groups in total. The van der Waals surface area contributed by atoms with Crippen molar-refractivity contribution in [1.82, 2.24) is 9.88 Å². The molecule has 110 valence electrons. The number of nitrogens with one attached hydrogen (secondary N) is 1. The van der Waals surface area contributed by atoms with Crippen molar-refractivity contribution in [2.24, 2.45) is 5.92 Å². The molecular weight excluding hydrogens is 274 g/mol. The van der Waals surface area contributed by atoms with Gasteiger partial charge >= 0.3 is 0 Å². The van der Waals surface area contributed by atoms with E-state index in [0.717, 1.165) is 43.9 Å². The summed E-state index contributed by atoms with van der Waals surface area (Å²) in [6.45, 7) is 2.38. The lowest BCUT2D eigenvalue weighted by Crippen LogP contribution is -2.41. The lowest BCUT2D eigenvalue weighted by atomic mass is 9.99. The average molecular weight is 295 g/mol. The van der Waals surface area contributed by atoms with Crippen LogP contribution in [-0.2, 0) is 17.6 Å². The molecule has 1 aromatic rings. The van der Waals surface area contributed by atoms with Crippen LogP contribution in [-0.4, -0.2) is 47.1 Å². The Morgan fingerprint density at radius 2 is 2.35 bits per heavy atom. The topological polar surface area (TPSA) is 65.5 Å². The minimum Gasteiger partial charge on any atom is -0.396 e. The zero-order valence-corrected chi connectivity index (χ0v) is 12.4. The average Bonchev–Trinajstić information content (AvgIpc) is 2.99. The Hall–Kier alpha value is -0.980. The second-order valence-corrected chi connectivity index (χ2v) is 6.80. The summed E-state index contributed by atoms with van der Waals surface area (Å²) in [7, 11) is 0. The minimum atomic E-state index is 0.0102. The Morgan fingerprint density at radius 1 is 1.45 bits per heavy atom. The molecule has 0 bridgehead atoms. The third-order valence-electron chi connectivity index (χ3n) is 4.07. The molecule has 2 heterocycles. The van der Waals surface area contributed by atoms with Gasteiger partial charge in [-0.05, 0) is 44.6 Å². The molecule has 0 aromatic carbocycles. The third-order valence-corrected chi connectivity index (χ3v) is 5.14. The molecule has 1 saturated heterocycles. The summed E-state index contributed by atoms with van der Waals surface area (Å²) < 4.78 is 0. The van der Waals surface area contributed by atoms with Crippen LogP contribution in [0.15, 0.2) is 0 Å². The zero-order valence-electron chi connectivity index (χ0n) is 11.6. The van der Waals surface area contributed by atoms with E-state index >= 15 is 0 Å². The van der Waals surface area contributed by atoms with Crippen LogP contribution < -0.4 is 5.32 Å². The second kappa shape index (κ2) is 6.20. The number of carbonyl (C=O) groups excluding carboxylic acids is 1. The van der Waals surface area contributed by atoms with Crippen molar-refractivity contribution in [3.63, 3.8) is 0 Å². The summed E-state index contributed by atoms with van der Waals surface area (Å²) in [5.74, 6) is 0.330. The summed E-state index contributed by atoms with van der Waals surface area (Å²) in [6.07, 6.45) is 5.47. The summed E-state index contributed by atoms with van der Waals surface area (Å²) in [5, 5.41) is 12.9. The fraction of sp³-hybridized carbons (Fsp3) is 0.714. The molecule has 1 aliphatic carbocycles. The number of aliphatic hydroxyl groups is 1. The van der Waals surface area contributed by atoms with E-state index in [1.54, 1.807) is 11.3 Å². The van der Waals surface area contributed by atoms with Gasteiger partial charge in [-0.15, -0.1) is 11.3 Å². The lowest BCUT2D eigenvalue weighted by molar-refractivity contribution is -0.117. The van der Waals surface area contributed by atoms with Crippen LogP contribution >= 0.6 is 11.3 Å². The molecule has 1 fully saturated rings. The van der Waals surface area contributed by atoms with Crippen molar-refractivity contribution < 1.29 is 9.90 Å². The first-order valence-corrected chi connectivity index (χ1v) is 8.18. The molecule has 1 atom stereocenters. The molecule has 1 amide bonds. The molecule has 0 saturated carbocycles. The maximum atomic E-state index is 12.1. The number of anilines is 1. The van der Waals surface area contributed by atoms with Crippen molar-refractivity contribution >= 4 is 22.4 Å². The molecule has 1 aromatic heterocycles. The van der Waals surface area contributed by atoms with Gasteiger partial charge in [0, 0.05) is 18.0 Å². The Balaban J connectivity index is 1.51. The van der Waals surface area contributed by atoms with E-state index in [-0.39, 0.29) is 12.5 Å². The first-order chi connectivity index (χ1) is 9.74. The van der Waals surface area contributed by atoms with Crippen LogP contribution in [0.1, 0.15) is 29.8 Å². The predicted octanol–water partition coefficient (Wildman–Crippen LogP) is 1.27. The van der Waals surface area contributed by atoms with Crippen LogP contribution in [0.2, 0.25) is 0 Å². The van der Waals surface area contributed by atoms with E-state index in [9.17, 15) is 9.90 Å². The normalized spacial score (nSPS) is 22.8. The Morgan fingerprint density at radius 3 is 3.15 bits per heavy atom. The minimum absolute atomic E-state index is 0.0102. The largest absolute Gasteiger partial charge is 0.396 e. The van der Waals surface area contributed by atoms with Gasteiger partial charge in [-0.25, -0.2) is 4.98 Å².